The Hall–Kier alpha value is -0.660. The van der Waals surface area contributed by atoms with Gasteiger partial charge in [0.1, 0.15) is 11.6 Å². The van der Waals surface area contributed by atoms with E-state index in [1.165, 1.54) is 0 Å². The predicted molar refractivity (Wildman–Crippen MR) is 62.8 cm³/mol. The van der Waals surface area contributed by atoms with Gasteiger partial charge in [-0.1, -0.05) is 27.2 Å². The highest BCUT2D eigenvalue weighted by Crippen LogP contribution is 2.12. The maximum Gasteiger partial charge on any atom is 0.135 e. The first kappa shape index (κ1) is 14.3. The highest BCUT2D eigenvalue weighted by Gasteiger charge is 2.13. The van der Waals surface area contributed by atoms with Crippen LogP contribution in [0.5, 0.6) is 0 Å². The van der Waals surface area contributed by atoms with E-state index in [0.29, 0.717) is 30.8 Å². The number of unbranched alkanes of at least 4 members (excludes halogenated alkanes) is 1. The highest BCUT2D eigenvalue weighted by molar-refractivity contribution is 5.82. The molecule has 0 aliphatic heterocycles. The van der Waals surface area contributed by atoms with E-state index in [0.717, 1.165) is 25.7 Å². The van der Waals surface area contributed by atoms with E-state index < -0.39 is 0 Å². The van der Waals surface area contributed by atoms with Gasteiger partial charge in [0.25, 0.3) is 0 Å². The summed E-state index contributed by atoms with van der Waals surface area (Å²) in [5.74, 6) is 0.686. The Morgan fingerprint density at radius 2 is 1.67 bits per heavy atom. The average Bonchev–Trinajstić information content (AvgIpc) is 2.22. The summed E-state index contributed by atoms with van der Waals surface area (Å²) in [6.07, 6.45) is 5.61. The van der Waals surface area contributed by atoms with Crippen LogP contribution in [-0.4, -0.2) is 11.6 Å². The third kappa shape index (κ3) is 7.29. The molecular weight excluding hydrogens is 188 g/mol. The standard InChI is InChI=1S/C13H24O2/c1-4-6-8-13(15)11(3)9-10-12(14)7-5-2/h11H,4-10H2,1-3H3. The Bertz CT molecular complexity index is 197. The predicted octanol–water partition coefficient (Wildman–Crippen LogP) is 3.53. The molecule has 0 amide bonds. The van der Waals surface area contributed by atoms with Crippen molar-refractivity contribution in [1.82, 2.24) is 0 Å². The van der Waals surface area contributed by atoms with Crippen LogP contribution in [0.3, 0.4) is 0 Å². The molecule has 2 nitrogen and oxygen atoms in total. The van der Waals surface area contributed by atoms with Crippen molar-refractivity contribution in [2.45, 2.75) is 65.7 Å². The van der Waals surface area contributed by atoms with Crippen molar-refractivity contribution in [2.75, 3.05) is 0 Å². The van der Waals surface area contributed by atoms with Crippen molar-refractivity contribution in [3.05, 3.63) is 0 Å². The minimum absolute atomic E-state index is 0.0670. The van der Waals surface area contributed by atoms with Gasteiger partial charge in [-0.15, -0.1) is 0 Å². The maximum absolute atomic E-state index is 11.6. The van der Waals surface area contributed by atoms with E-state index in [1.54, 1.807) is 0 Å². The van der Waals surface area contributed by atoms with Crippen LogP contribution in [0.2, 0.25) is 0 Å². The van der Waals surface area contributed by atoms with Gasteiger partial charge in [-0.25, -0.2) is 0 Å². The van der Waals surface area contributed by atoms with Gasteiger partial charge in [0.15, 0.2) is 0 Å². The molecular formula is C13H24O2. The largest absolute Gasteiger partial charge is 0.300 e. The summed E-state index contributed by atoms with van der Waals surface area (Å²) in [6, 6.07) is 0. The van der Waals surface area contributed by atoms with E-state index in [4.69, 9.17) is 0 Å². The van der Waals surface area contributed by atoms with Gasteiger partial charge in [-0.05, 0) is 19.3 Å². The lowest BCUT2D eigenvalue weighted by molar-refractivity contribution is -0.123. The molecule has 2 heteroatoms. The van der Waals surface area contributed by atoms with Gasteiger partial charge in [-0.3, -0.25) is 9.59 Å². The quantitative estimate of drug-likeness (QED) is 0.586. The van der Waals surface area contributed by atoms with Crippen LogP contribution in [-0.2, 0) is 9.59 Å². The average molecular weight is 212 g/mol. The molecule has 0 bridgehead atoms. The first-order chi connectivity index (χ1) is 7.11. The normalized spacial score (nSPS) is 12.5. The molecule has 0 saturated heterocycles. The molecule has 15 heavy (non-hydrogen) atoms. The summed E-state index contributed by atoms with van der Waals surface area (Å²) < 4.78 is 0. The molecule has 0 radical (unpaired) electrons. The van der Waals surface area contributed by atoms with Gasteiger partial charge in [0, 0.05) is 25.2 Å². The lowest BCUT2D eigenvalue weighted by Gasteiger charge is -2.09. The van der Waals surface area contributed by atoms with Crippen LogP contribution in [0.15, 0.2) is 0 Å². The lowest BCUT2D eigenvalue weighted by Crippen LogP contribution is -2.12. The van der Waals surface area contributed by atoms with Gasteiger partial charge in [-0.2, -0.15) is 0 Å². The second-order valence-electron chi connectivity index (χ2n) is 4.30. The zero-order valence-electron chi connectivity index (χ0n) is 10.3. The van der Waals surface area contributed by atoms with Gasteiger partial charge in [0.2, 0.25) is 0 Å². The molecule has 0 spiro atoms. The zero-order chi connectivity index (χ0) is 11.7. The van der Waals surface area contributed by atoms with Crippen molar-refractivity contribution < 1.29 is 9.59 Å². The molecule has 0 rings (SSSR count). The number of hydrogen-bond acceptors (Lipinski definition) is 2. The summed E-state index contributed by atoms with van der Waals surface area (Å²) in [4.78, 5) is 22.8. The molecule has 0 aromatic carbocycles. The van der Waals surface area contributed by atoms with Gasteiger partial charge >= 0.3 is 0 Å². The summed E-state index contributed by atoms with van der Waals surface area (Å²) in [5.41, 5.74) is 0. The van der Waals surface area contributed by atoms with Crippen LogP contribution < -0.4 is 0 Å². The number of ketones is 2. The summed E-state index contributed by atoms with van der Waals surface area (Å²) in [7, 11) is 0. The topological polar surface area (TPSA) is 34.1 Å². The first-order valence-electron chi connectivity index (χ1n) is 6.16. The molecule has 0 aromatic rings. The minimum Gasteiger partial charge on any atom is -0.300 e. The third-order valence-corrected chi connectivity index (χ3v) is 2.71. The van der Waals surface area contributed by atoms with E-state index in [2.05, 4.69) is 6.92 Å². The van der Waals surface area contributed by atoms with Crippen LogP contribution in [0.25, 0.3) is 0 Å². The number of carbonyl (C=O) groups excluding carboxylic acids is 2. The Morgan fingerprint density at radius 1 is 1.00 bits per heavy atom. The fourth-order valence-corrected chi connectivity index (χ4v) is 1.54. The molecule has 1 unspecified atom stereocenters. The van der Waals surface area contributed by atoms with Gasteiger partial charge in [0.05, 0.1) is 0 Å². The minimum atomic E-state index is 0.0670. The molecule has 0 aliphatic rings. The fourth-order valence-electron chi connectivity index (χ4n) is 1.54. The molecule has 0 saturated carbocycles. The number of carbonyl (C=O) groups is 2. The van der Waals surface area contributed by atoms with Crippen molar-refractivity contribution >= 4 is 11.6 Å². The number of hydrogen-bond donors (Lipinski definition) is 0. The molecule has 0 fully saturated rings. The Labute approximate surface area is 93.4 Å². The van der Waals surface area contributed by atoms with Crippen molar-refractivity contribution in [2.24, 2.45) is 5.92 Å². The molecule has 0 aliphatic carbocycles. The van der Waals surface area contributed by atoms with Crippen LogP contribution in [0.1, 0.15) is 65.7 Å². The molecule has 0 aromatic heterocycles. The smallest absolute Gasteiger partial charge is 0.135 e. The SMILES string of the molecule is CCCCC(=O)C(C)CCC(=O)CCC. The summed E-state index contributed by atoms with van der Waals surface area (Å²) in [5, 5.41) is 0. The number of Topliss-reactive ketones (excluding diaryl/α,β-unsaturated/α-hetero) is 2. The maximum atomic E-state index is 11.6. The first-order valence-corrected chi connectivity index (χ1v) is 6.16. The lowest BCUT2D eigenvalue weighted by atomic mass is 9.95. The van der Waals surface area contributed by atoms with Crippen LogP contribution in [0.4, 0.5) is 0 Å². The van der Waals surface area contributed by atoms with Crippen molar-refractivity contribution in [3.63, 3.8) is 0 Å². The molecule has 0 heterocycles. The number of rotatable bonds is 9. The molecule has 88 valence electrons. The second kappa shape index (κ2) is 8.63. The van der Waals surface area contributed by atoms with E-state index in [1.807, 2.05) is 13.8 Å². The second-order valence-corrected chi connectivity index (χ2v) is 4.30. The monoisotopic (exact) mass is 212 g/mol. The summed E-state index contributed by atoms with van der Waals surface area (Å²) >= 11 is 0. The highest BCUT2D eigenvalue weighted by atomic mass is 16.1. The van der Waals surface area contributed by atoms with Crippen LogP contribution >= 0.6 is 0 Å². The van der Waals surface area contributed by atoms with Gasteiger partial charge < -0.3 is 0 Å². The van der Waals surface area contributed by atoms with E-state index >= 15 is 0 Å². The Morgan fingerprint density at radius 3 is 2.20 bits per heavy atom. The Kier molecular flexibility index (Phi) is 8.25. The Balaban J connectivity index is 3.67. The fraction of sp³-hybridized carbons (Fsp3) is 0.846. The summed E-state index contributed by atoms with van der Waals surface area (Å²) in [6.45, 7) is 6.04. The van der Waals surface area contributed by atoms with Crippen molar-refractivity contribution in [1.29, 1.82) is 0 Å². The van der Waals surface area contributed by atoms with Crippen molar-refractivity contribution in [3.8, 4) is 0 Å². The van der Waals surface area contributed by atoms with E-state index in [-0.39, 0.29) is 5.92 Å². The molecule has 1 atom stereocenters. The van der Waals surface area contributed by atoms with E-state index in [9.17, 15) is 9.59 Å². The molecule has 0 N–H and O–H groups in total. The van der Waals surface area contributed by atoms with Crippen LogP contribution in [0, 0.1) is 5.92 Å². The zero-order valence-corrected chi connectivity index (χ0v) is 10.3. The third-order valence-electron chi connectivity index (χ3n) is 2.71.